The average Bonchev–Trinajstić information content (AvgIpc) is 3.42. The van der Waals surface area contributed by atoms with E-state index in [4.69, 9.17) is 14.7 Å². The number of pyridine rings is 1. The zero-order valence-electron chi connectivity index (χ0n) is 20.1. The van der Waals surface area contributed by atoms with E-state index >= 15 is 0 Å². The summed E-state index contributed by atoms with van der Waals surface area (Å²) in [5, 5.41) is 2.83. The fraction of sp³-hybridized carbons (Fsp3) is 0.480. The van der Waals surface area contributed by atoms with Crippen LogP contribution in [-0.4, -0.2) is 69.0 Å². The summed E-state index contributed by atoms with van der Waals surface area (Å²) in [5.74, 6) is 2.05. The second-order valence-corrected chi connectivity index (χ2v) is 10.2. The number of hydrogen-bond acceptors (Lipinski definition) is 6. The molecule has 1 amide bonds. The number of hydrogen-bond donors (Lipinski definition) is 1. The van der Waals surface area contributed by atoms with Crippen LogP contribution in [-0.2, 0) is 22.1 Å². The zero-order chi connectivity index (χ0) is 24.1. The number of nitrogens with one attached hydrogen (secondary N) is 1. The standard InChI is InChI=1S/C25H33N5O3S/c1-4-33-14-13-30-22-9-7-19(25(31)26-11-15-34(3)32)16-21(22)28-24(30)20-8-10-23(27-17-20)29-12-5-6-18(29)2/h7-10,16-18H,4-6,11-15H2,1-3H3,(H,26,31). The largest absolute Gasteiger partial charge is 0.380 e. The monoisotopic (exact) mass is 483 g/mol. The van der Waals surface area contributed by atoms with Gasteiger partial charge in [-0.05, 0) is 57.0 Å². The van der Waals surface area contributed by atoms with Crippen LogP contribution in [0.25, 0.3) is 22.4 Å². The van der Waals surface area contributed by atoms with Crippen molar-refractivity contribution in [3.8, 4) is 11.4 Å². The molecule has 1 fully saturated rings. The lowest BCUT2D eigenvalue weighted by Gasteiger charge is -2.22. The highest BCUT2D eigenvalue weighted by molar-refractivity contribution is 7.84. The molecule has 3 aromatic rings. The van der Waals surface area contributed by atoms with Gasteiger partial charge in [-0.15, -0.1) is 0 Å². The fourth-order valence-electron chi connectivity index (χ4n) is 4.39. The maximum atomic E-state index is 12.6. The third kappa shape index (κ3) is 5.47. The molecule has 2 unspecified atom stereocenters. The van der Waals surface area contributed by atoms with E-state index in [1.807, 2.05) is 25.3 Å². The lowest BCUT2D eigenvalue weighted by atomic mass is 10.2. The number of anilines is 1. The zero-order valence-corrected chi connectivity index (χ0v) is 20.9. The number of fused-ring (bicyclic) bond motifs is 1. The van der Waals surface area contributed by atoms with Gasteiger partial charge in [0, 0.05) is 72.4 Å². The van der Waals surface area contributed by atoms with E-state index in [0.29, 0.717) is 43.7 Å². The Morgan fingerprint density at radius 2 is 2.15 bits per heavy atom. The minimum Gasteiger partial charge on any atom is -0.380 e. The molecule has 1 aromatic carbocycles. The van der Waals surface area contributed by atoms with E-state index in [0.717, 1.165) is 34.8 Å². The maximum Gasteiger partial charge on any atom is 0.251 e. The van der Waals surface area contributed by atoms with Crippen molar-refractivity contribution in [2.45, 2.75) is 39.3 Å². The average molecular weight is 484 g/mol. The first kappa shape index (κ1) is 24.3. The van der Waals surface area contributed by atoms with Crippen molar-refractivity contribution in [2.75, 3.05) is 43.2 Å². The van der Waals surface area contributed by atoms with E-state index in [9.17, 15) is 9.00 Å². The van der Waals surface area contributed by atoms with E-state index in [1.165, 1.54) is 12.8 Å². The minimum absolute atomic E-state index is 0.191. The molecule has 4 rings (SSSR count). The number of amides is 1. The van der Waals surface area contributed by atoms with Gasteiger partial charge in [-0.1, -0.05) is 0 Å². The smallest absolute Gasteiger partial charge is 0.251 e. The van der Waals surface area contributed by atoms with E-state index < -0.39 is 10.8 Å². The van der Waals surface area contributed by atoms with Crippen molar-refractivity contribution in [3.05, 3.63) is 42.1 Å². The Kier molecular flexibility index (Phi) is 7.95. The Bertz CT molecular complexity index is 1160. The Hall–Kier alpha value is -2.78. The van der Waals surface area contributed by atoms with Crippen LogP contribution < -0.4 is 10.2 Å². The van der Waals surface area contributed by atoms with Gasteiger partial charge < -0.3 is 19.5 Å². The van der Waals surface area contributed by atoms with Crippen LogP contribution in [0.2, 0.25) is 0 Å². The number of carbonyl (C=O) groups is 1. The van der Waals surface area contributed by atoms with Crippen LogP contribution >= 0.6 is 0 Å². The molecule has 0 spiro atoms. The quantitative estimate of drug-likeness (QED) is 0.446. The number of aromatic nitrogens is 3. The summed E-state index contributed by atoms with van der Waals surface area (Å²) < 4.78 is 19.0. The Morgan fingerprint density at radius 1 is 1.29 bits per heavy atom. The van der Waals surface area contributed by atoms with E-state index in [-0.39, 0.29) is 5.91 Å². The maximum absolute atomic E-state index is 12.6. The summed E-state index contributed by atoms with van der Waals surface area (Å²) in [4.78, 5) is 24.5. The molecular weight excluding hydrogens is 450 g/mol. The fourth-order valence-corrected chi connectivity index (χ4v) is 4.78. The molecule has 182 valence electrons. The predicted octanol–water partition coefficient (Wildman–Crippen LogP) is 3.23. The lowest BCUT2D eigenvalue weighted by Crippen LogP contribution is -2.27. The molecule has 2 aromatic heterocycles. The van der Waals surface area contributed by atoms with E-state index in [2.05, 4.69) is 33.8 Å². The van der Waals surface area contributed by atoms with Gasteiger partial charge in [0.25, 0.3) is 5.91 Å². The minimum atomic E-state index is -0.942. The number of nitrogens with zero attached hydrogens (tertiary/aromatic N) is 4. The molecule has 2 atom stereocenters. The van der Waals surface area contributed by atoms with Gasteiger partial charge in [-0.25, -0.2) is 9.97 Å². The molecule has 0 radical (unpaired) electrons. The summed E-state index contributed by atoms with van der Waals surface area (Å²) in [5.41, 5.74) is 3.15. The Labute approximate surface area is 203 Å². The number of carbonyl (C=O) groups excluding carboxylic acids is 1. The van der Waals surface area contributed by atoms with Crippen molar-refractivity contribution in [3.63, 3.8) is 0 Å². The van der Waals surface area contributed by atoms with Crippen LogP contribution in [0.5, 0.6) is 0 Å². The molecule has 34 heavy (non-hydrogen) atoms. The van der Waals surface area contributed by atoms with Gasteiger partial charge in [0.15, 0.2) is 0 Å². The first-order valence-electron chi connectivity index (χ1n) is 11.9. The second kappa shape index (κ2) is 11.1. The molecule has 1 saturated heterocycles. The van der Waals surface area contributed by atoms with Crippen LogP contribution in [0.4, 0.5) is 5.82 Å². The summed E-state index contributed by atoms with van der Waals surface area (Å²) in [6, 6.07) is 10.2. The summed E-state index contributed by atoms with van der Waals surface area (Å²) in [6.07, 6.45) is 5.91. The topological polar surface area (TPSA) is 89.3 Å². The van der Waals surface area contributed by atoms with Gasteiger partial charge in [0.1, 0.15) is 11.6 Å². The number of ether oxygens (including phenoxy) is 1. The van der Waals surface area contributed by atoms with Gasteiger partial charge in [-0.3, -0.25) is 9.00 Å². The second-order valence-electron chi connectivity index (χ2n) is 8.61. The first-order chi connectivity index (χ1) is 16.5. The molecule has 8 nitrogen and oxygen atoms in total. The first-order valence-corrected chi connectivity index (χ1v) is 13.6. The summed E-state index contributed by atoms with van der Waals surface area (Å²) in [6.45, 7) is 7.51. The van der Waals surface area contributed by atoms with Crippen molar-refractivity contribution in [1.29, 1.82) is 0 Å². The van der Waals surface area contributed by atoms with Crippen LogP contribution in [0.3, 0.4) is 0 Å². The third-order valence-corrected chi connectivity index (χ3v) is 6.98. The Morgan fingerprint density at radius 3 is 2.82 bits per heavy atom. The molecular formula is C25H33N5O3S. The summed E-state index contributed by atoms with van der Waals surface area (Å²) >= 11 is 0. The highest BCUT2D eigenvalue weighted by Crippen LogP contribution is 2.28. The normalized spacial score (nSPS) is 16.8. The highest BCUT2D eigenvalue weighted by atomic mass is 32.2. The lowest BCUT2D eigenvalue weighted by molar-refractivity contribution is 0.0956. The third-order valence-electron chi connectivity index (χ3n) is 6.20. The molecule has 1 aliphatic heterocycles. The molecule has 0 aliphatic carbocycles. The van der Waals surface area contributed by atoms with Gasteiger partial charge in [-0.2, -0.15) is 0 Å². The van der Waals surface area contributed by atoms with Crippen LogP contribution in [0, 0.1) is 0 Å². The molecule has 3 heterocycles. The molecule has 0 saturated carbocycles. The SMILES string of the molecule is CCOCCn1c(-c2ccc(N3CCCC3C)nc2)nc2cc(C(=O)NCCS(C)=O)ccc21. The van der Waals surface area contributed by atoms with Gasteiger partial charge in [0.05, 0.1) is 17.6 Å². The van der Waals surface area contributed by atoms with E-state index in [1.54, 1.807) is 12.3 Å². The van der Waals surface area contributed by atoms with Crippen LogP contribution in [0.1, 0.15) is 37.0 Å². The van der Waals surface area contributed by atoms with Gasteiger partial charge in [0.2, 0.25) is 0 Å². The molecule has 9 heteroatoms. The summed E-state index contributed by atoms with van der Waals surface area (Å²) in [7, 11) is -0.942. The van der Waals surface area contributed by atoms with Crippen molar-refractivity contribution >= 4 is 33.6 Å². The predicted molar refractivity (Wildman–Crippen MR) is 137 cm³/mol. The molecule has 1 aliphatic rings. The van der Waals surface area contributed by atoms with Crippen molar-refractivity contribution in [1.82, 2.24) is 19.9 Å². The number of benzene rings is 1. The molecule has 1 N–H and O–H groups in total. The van der Waals surface area contributed by atoms with Crippen molar-refractivity contribution in [2.24, 2.45) is 0 Å². The Balaban J connectivity index is 1.63. The highest BCUT2D eigenvalue weighted by Gasteiger charge is 2.22. The van der Waals surface area contributed by atoms with Gasteiger partial charge >= 0.3 is 0 Å². The van der Waals surface area contributed by atoms with Crippen molar-refractivity contribution < 1.29 is 13.7 Å². The number of imidazole rings is 1. The molecule has 0 bridgehead atoms. The van der Waals surface area contributed by atoms with Crippen LogP contribution in [0.15, 0.2) is 36.5 Å². The number of rotatable bonds is 10.